The maximum atomic E-state index is 13.2. The first-order chi connectivity index (χ1) is 12.5. The second kappa shape index (κ2) is 6.68. The number of hydrogen-bond donors (Lipinski definition) is 1. The number of benzene rings is 1. The third-order valence-electron chi connectivity index (χ3n) is 4.67. The summed E-state index contributed by atoms with van der Waals surface area (Å²) in [7, 11) is -1.88. The number of ether oxygens (including phenoxy) is 1. The zero-order chi connectivity index (χ0) is 18.3. The van der Waals surface area contributed by atoms with Gasteiger partial charge in [-0.3, -0.25) is 4.31 Å². The van der Waals surface area contributed by atoms with Crippen LogP contribution in [0, 0.1) is 0 Å². The van der Waals surface area contributed by atoms with Gasteiger partial charge in [0.2, 0.25) is 0 Å². The van der Waals surface area contributed by atoms with Crippen molar-refractivity contribution >= 4 is 33.0 Å². The van der Waals surface area contributed by atoms with Crippen LogP contribution in [-0.4, -0.2) is 52.3 Å². The molecule has 1 aromatic heterocycles. The molecule has 2 aliphatic heterocycles. The topological polar surface area (TPSA) is 66.8 Å². The molecule has 0 amide bonds. The lowest BCUT2D eigenvalue weighted by atomic mass is 10.2. The molecule has 2 aromatic rings. The van der Waals surface area contributed by atoms with Crippen LogP contribution in [0.2, 0.25) is 5.02 Å². The molecule has 3 heterocycles. The Hall–Kier alpha value is -1.90. The summed E-state index contributed by atoms with van der Waals surface area (Å²) in [4.78, 5) is 2.44. The molecule has 7 nitrogen and oxygen atoms in total. The molecule has 2 aliphatic rings. The van der Waals surface area contributed by atoms with E-state index in [1.807, 2.05) is 6.07 Å². The first-order valence-electron chi connectivity index (χ1n) is 8.53. The van der Waals surface area contributed by atoms with Crippen molar-refractivity contribution in [3.63, 3.8) is 0 Å². The van der Waals surface area contributed by atoms with Crippen LogP contribution in [0.3, 0.4) is 0 Å². The number of aryl methyl sites for hydroxylation is 1. The smallest absolute Gasteiger partial charge is 0.266 e. The molecule has 0 unspecified atom stereocenters. The molecule has 1 aromatic carbocycles. The van der Waals surface area contributed by atoms with E-state index in [2.05, 4.69) is 10.2 Å². The lowest BCUT2D eigenvalue weighted by Gasteiger charge is -2.36. The van der Waals surface area contributed by atoms with Crippen LogP contribution in [0.4, 0.5) is 11.4 Å². The van der Waals surface area contributed by atoms with Gasteiger partial charge in [-0.1, -0.05) is 11.6 Å². The monoisotopic (exact) mass is 396 g/mol. The first-order valence-corrected chi connectivity index (χ1v) is 10.4. The molecule has 0 aliphatic carbocycles. The summed E-state index contributed by atoms with van der Waals surface area (Å²) in [6.45, 7) is 3.94. The van der Waals surface area contributed by atoms with Gasteiger partial charge in [-0.25, -0.2) is 8.42 Å². The standard InChI is InChI=1S/C17H21ClN4O3S/c1-20-5-2-14(12-20)26(23,24)22-8-9-25-17-15(10-13(18)11-16(17)22)21-6-3-19-4-7-21/h2,5,10-12,19H,3-4,6-9H2,1H3. The van der Waals surface area contributed by atoms with Gasteiger partial charge in [0, 0.05) is 50.6 Å². The summed E-state index contributed by atoms with van der Waals surface area (Å²) in [5, 5.41) is 3.81. The molecule has 9 heteroatoms. The fourth-order valence-corrected chi connectivity index (χ4v) is 5.10. The van der Waals surface area contributed by atoms with Crippen molar-refractivity contribution < 1.29 is 13.2 Å². The van der Waals surface area contributed by atoms with Gasteiger partial charge < -0.3 is 19.5 Å². The van der Waals surface area contributed by atoms with Crippen molar-refractivity contribution in [1.29, 1.82) is 0 Å². The average Bonchev–Trinajstić information content (AvgIpc) is 3.08. The molecular formula is C17H21ClN4O3S. The number of hydrogen-bond acceptors (Lipinski definition) is 5. The quantitative estimate of drug-likeness (QED) is 0.855. The number of halogens is 1. The molecule has 26 heavy (non-hydrogen) atoms. The zero-order valence-corrected chi connectivity index (χ0v) is 16.1. The predicted molar refractivity (Wildman–Crippen MR) is 102 cm³/mol. The molecule has 0 saturated carbocycles. The van der Waals surface area contributed by atoms with E-state index in [0.29, 0.717) is 23.1 Å². The Morgan fingerprint density at radius 2 is 1.88 bits per heavy atom. The van der Waals surface area contributed by atoms with Crippen LogP contribution in [0.5, 0.6) is 5.75 Å². The number of aromatic nitrogens is 1. The third kappa shape index (κ3) is 3.02. The van der Waals surface area contributed by atoms with E-state index in [4.69, 9.17) is 16.3 Å². The van der Waals surface area contributed by atoms with Crippen LogP contribution in [0.15, 0.2) is 35.5 Å². The van der Waals surface area contributed by atoms with Gasteiger partial charge in [-0.05, 0) is 18.2 Å². The van der Waals surface area contributed by atoms with Crippen molar-refractivity contribution in [3.05, 3.63) is 35.6 Å². The fourth-order valence-electron chi connectivity index (χ4n) is 3.40. The van der Waals surface area contributed by atoms with Crippen LogP contribution in [0.1, 0.15) is 0 Å². The number of nitrogens with zero attached hydrogens (tertiary/aromatic N) is 3. The third-order valence-corrected chi connectivity index (χ3v) is 6.69. The number of rotatable bonds is 3. The molecule has 0 bridgehead atoms. The molecule has 1 fully saturated rings. The molecule has 140 valence electrons. The van der Waals surface area contributed by atoms with E-state index < -0.39 is 10.0 Å². The van der Waals surface area contributed by atoms with Gasteiger partial charge in [0.1, 0.15) is 11.5 Å². The highest BCUT2D eigenvalue weighted by atomic mass is 35.5. The van der Waals surface area contributed by atoms with Crippen LogP contribution in [0.25, 0.3) is 0 Å². The van der Waals surface area contributed by atoms with Crippen molar-refractivity contribution in [3.8, 4) is 5.75 Å². The average molecular weight is 397 g/mol. The Labute approximate surface area is 158 Å². The van der Waals surface area contributed by atoms with Crippen LogP contribution in [-0.2, 0) is 17.1 Å². The summed E-state index contributed by atoms with van der Waals surface area (Å²) >= 11 is 6.34. The number of nitrogens with one attached hydrogen (secondary N) is 1. The number of piperazine rings is 1. The van der Waals surface area contributed by atoms with E-state index in [0.717, 1.165) is 31.9 Å². The minimum Gasteiger partial charge on any atom is -0.487 e. The van der Waals surface area contributed by atoms with Crippen molar-refractivity contribution in [2.45, 2.75) is 4.90 Å². The predicted octanol–water partition coefficient (Wildman–Crippen LogP) is 1.68. The molecule has 0 spiro atoms. The number of anilines is 2. The normalized spacial score (nSPS) is 17.8. The summed E-state index contributed by atoms with van der Waals surface area (Å²) in [5.74, 6) is 0.585. The maximum Gasteiger partial charge on any atom is 0.266 e. The summed E-state index contributed by atoms with van der Waals surface area (Å²) in [6, 6.07) is 5.12. The SMILES string of the molecule is Cn1ccc(S(=O)(=O)N2CCOc3c(N4CCNCC4)cc(Cl)cc32)c1. The minimum atomic E-state index is -3.68. The Morgan fingerprint density at radius 1 is 1.15 bits per heavy atom. The van der Waals surface area contributed by atoms with E-state index in [-0.39, 0.29) is 11.4 Å². The summed E-state index contributed by atoms with van der Waals surface area (Å²) < 4.78 is 35.3. The van der Waals surface area contributed by atoms with Crippen LogP contribution >= 0.6 is 11.6 Å². The second-order valence-electron chi connectivity index (χ2n) is 6.45. The van der Waals surface area contributed by atoms with Crippen molar-refractivity contribution in [2.75, 3.05) is 48.5 Å². The van der Waals surface area contributed by atoms with Gasteiger partial charge >= 0.3 is 0 Å². The van der Waals surface area contributed by atoms with E-state index in [9.17, 15) is 8.42 Å². The van der Waals surface area contributed by atoms with E-state index in [1.165, 1.54) is 4.31 Å². The molecular weight excluding hydrogens is 376 g/mol. The fraction of sp³-hybridized carbons (Fsp3) is 0.412. The minimum absolute atomic E-state index is 0.256. The van der Waals surface area contributed by atoms with Gasteiger partial charge in [-0.15, -0.1) is 0 Å². The lowest BCUT2D eigenvalue weighted by molar-refractivity contribution is 0.315. The van der Waals surface area contributed by atoms with Crippen molar-refractivity contribution in [2.24, 2.45) is 7.05 Å². The van der Waals surface area contributed by atoms with Gasteiger partial charge in [0.25, 0.3) is 10.0 Å². The van der Waals surface area contributed by atoms with E-state index >= 15 is 0 Å². The van der Waals surface area contributed by atoms with Gasteiger partial charge in [0.05, 0.1) is 17.9 Å². The Balaban J connectivity index is 1.80. The largest absolute Gasteiger partial charge is 0.487 e. The first kappa shape index (κ1) is 17.5. The number of sulfonamides is 1. The van der Waals surface area contributed by atoms with Gasteiger partial charge in [-0.2, -0.15) is 0 Å². The molecule has 0 radical (unpaired) electrons. The zero-order valence-electron chi connectivity index (χ0n) is 14.5. The highest BCUT2D eigenvalue weighted by Crippen LogP contribution is 2.44. The second-order valence-corrected chi connectivity index (χ2v) is 8.75. The molecule has 1 saturated heterocycles. The number of fused-ring (bicyclic) bond motifs is 1. The van der Waals surface area contributed by atoms with Crippen LogP contribution < -0.4 is 19.3 Å². The summed E-state index contributed by atoms with van der Waals surface area (Å²) in [5.41, 5.74) is 1.35. The lowest BCUT2D eigenvalue weighted by Crippen LogP contribution is -2.44. The van der Waals surface area contributed by atoms with E-state index in [1.54, 1.807) is 36.1 Å². The highest BCUT2D eigenvalue weighted by molar-refractivity contribution is 7.92. The highest BCUT2D eigenvalue weighted by Gasteiger charge is 2.33. The van der Waals surface area contributed by atoms with Gasteiger partial charge in [0.15, 0.2) is 5.75 Å². The van der Waals surface area contributed by atoms with Crippen molar-refractivity contribution in [1.82, 2.24) is 9.88 Å². The Kier molecular flexibility index (Phi) is 4.50. The Bertz CT molecular complexity index is 922. The molecule has 1 N–H and O–H groups in total. The Morgan fingerprint density at radius 3 is 2.58 bits per heavy atom. The molecule has 0 atom stereocenters. The summed E-state index contributed by atoms with van der Waals surface area (Å²) in [6.07, 6.45) is 3.32. The molecule has 4 rings (SSSR count). The maximum absolute atomic E-state index is 13.2.